The lowest BCUT2D eigenvalue weighted by Gasteiger charge is -2.09. The highest BCUT2D eigenvalue weighted by Crippen LogP contribution is 2.33. The summed E-state index contributed by atoms with van der Waals surface area (Å²) in [6.07, 6.45) is 0. The SMILES string of the molecule is Cc1ccc(S(=O)(=O)c2c(N)cccc2O)cc1. The molecule has 94 valence electrons. The molecule has 0 heterocycles. The lowest BCUT2D eigenvalue weighted by molar-refractivity contribution is 0.459. The van der Waals surface area contributed by atoms with Gasteiger partial charge >= 0.3 is 0 Å². The first-order valence-corrected chi connectivity index (χ1v) is 6.80. The van der Waals surface area contributed by atoms with Gasteiger partial charge < -0.3 is 10.8 Å². The first kappa shape index (κ1) is 12.4. The summed E-state index contributed by atoms with van der Waals surface area (Å²) in [5.41, 5.74) is 6.63. The average molecular weight is 263 g/mol. The Balaban J connectivity index is 2.66. The molecule has 5 heteroatoms. The molecule has 0 spiro atoms. The van der Waals surface area contributed by atoms with Crippen LogP contribution in [0, 0.1) is 6.92 Å². The van der Waals surface area contributed by atoms with Crippen LogP contribution >= 0.6 is 0 Å². The Labute approximate surface area is 106 Å². The number of sulfone groups is 1. The number of nitrogens with two attached hydrogens (primary N) is 1. The second-order valence-electron chi connectivity index (χ2n) is 4.01. The fraction of sp³-hybridized carbons (Fsp3) is 0.0769. The molecule has 2 aromatic carbocycles. The third-order valence-corrected chi connectivity index (χ3v) is 4.50. The molecule has 2 aromatic rings. The molecule has 2 rings (SSSR count). The smallest absolute Gasteiger partial charge is 0.212 e. The van der Waals surface area contributed by atoms with Gasteiger partial charge in [0.05, 0.1) is 10.6 Å². The lowest BCUT2D eigenvalue weighted by Crippen LogP contribution is -2.05. The summed E-state index contributed by atoms with van der Waals surface area (Å²) in [6, 6.07) is 10.6. The number of anilines is 1. The molecular formula is C13H13NO3S. The van der Waals surface area contributed by atoms with Crippen molar-refractivity contribution in [2.24, 2.45) is 0 Å². The molecule has 0 unspecified atom stereocenters. The first-order valence-electron chi connectivity index (χ1n) is 5.32. The summed E-state index contributed by atoms with van der Waals surface area (Å²) < 4.78 is 24.7. The Bertz CT molecular complexity index is 656. The van der Waals surface area contributed by atoms with Crippen LogP contribution in [0.1, 0.15) is 5.56 Å². The molecule has 18 heavy (non-hydrogen) atoms. The molecule has 0 saturated carbocycles. The normalized spacial score (nSPS) is 11.4. The van der Waals surface area contributed by atoms with Crippen molar-refractivity contribution in [3.63, 3.8) is 0 Å². The second-order valence-corrected chi connectivity index (χ2v) is 5.90. The highest BCUT2D eigenvalue weighted by atomic mass is 32.2. The number of phenols is 1. The summed E-state index contributed by atoms with van der Waals surface area (Å²) in [5, 5.41) is 9.68. The zero-order valence-electron chi connectivity index (χ0n) is 9.79. The number of rotatable bonds is 2. The Morgan fingerprint density at radius 1 is 1.06 bits per heavy atom. The number of benzene rings is 2. The molecule has 0 fully saturated rings. The molecular weight excluding hydrogens is 250 g/mol. The van der Waals surface area contributed by atoms with Crippen molar-refractivity contribution in [1.82, 2.24) is 0 Å². The average Bonchev–Trinajstić information content (AvgIpc) is 2.29. The standard InChI is InChI=1S/C13H13NO3S/c1-9-5-7-10(8-6-9)18(16,17)13-11(14)3-2-4-12(13)15/h2-8,15H,14H2,1H3. The topological polar surface area (TPSA) is 80.4 Å². The lowest BCUT2D eigenvalue weighted by atomic mass is 10.2. The van der Waals surface area contributed by atoms with Gasteiger partial charge in [-0.05, 0) is 31.2 Å². The number of hydrogen-bond donors (Lipinski definition) is 2. The molecule has 0 aliphatic rings. The maximum atomic E-state index is 12.3. The fourth-order valence-electron chi connectivity index (χ4n) is 1.67. The van der Waals surface area contributed by atoms with Crippen LogP contribution in [0.5, 0.6) is 5.75 Å². The van der Waals surface area contributed by atoms with Gasteiger partial charge in [0.25, 0.3) is 0 Å². The molecule has 0 saturated heterocycles. The van der Waals surface area contributed by atoms with Crippen LogP contribution in [0.2, 0.25) is 0 Å². The predicted molar refractivity (Wildman–Crippen MR) is 69.2 cm³/mol. The Morgan fingerprint density at radius 3 is 2.22 bits per heavy atom. The minimum atomic E-state index is -3.79. The molecule has 4 nitrogen and oxygen atoms in total. The van der Waals surface area contributed by atoms with Gasteiger partial charge in [-0.25, -0.2) is 8.42 Å². The minimum Gasteiger partial charge on any atom is -0.506 e. The Morgan fingerprint density at radius 2 is 1.67 bits per heavy atom. The maximum absolute atomic E-state index is 12.3. The number of aryl methyl sites for hydroxylation is 1. The minimum absolute atomic E-state index is 0.0376. The number of aromatic hydroxyl groups is 1. The molecule has 0 atom stereocenters. The van der Waals surface area contributed by atoms with E-state index in [4.69, 9.17) is 5.73 Å². The van der Waals surface area contributed by atoms with Gasteiger partial charge in [0.15, 0.2) is 0 Å². The van der Waals surface area contributed by atoms with E-state index in [1.54, 1.807) is 12.1 Å². The van der Waals surface area contributed by atoms with Gasteiger partial charge in [-0.2, -0.15) is 0 Å². The van der Waals surface area contributed by atoms with Gasteiger partial charge in [-0.1, -0.05) is 23.8 Å². The van der Waals surface area contributed by atoms with Crippen LogP contribution in [0.3, 0.4) is 0 Å². The quantitative estimate of drug-likeness (QED) is 0.813. The highest BCUT2D eigenvalue weighted by Gasteiger charge is 2.23. The Hall–Kier alpha value is -2.01. The number of phenolic OH excluding ortho intramolecular Hbond substituents is 1. The molecule has 0 aromatic heterocycles. The van der Waals surface area contributed by atoms with Gasteiger partial charge in [0, 0.05) is 0 Å². The molecule has 0 radical (unpaired) electrons. The molecule has 0 aliphatic heterocycles. The first-order chi connectivity index (χ1) is 8.43. The summed E-state index contributed by atoms with van der Waals surface area (Å²) >= 11 is 0. The monoisotopic (exact) mass is 263 g/mol. The van der Waals surface area contributed by atoms with E-state index in [0.29, 0.717) is 0 Å². The van der Waals surface area contributed by atoms with Crippen molar-refractivity contribution in [2.45, 2.75) is 16.7 Å². The van der Waals surface area contributed by atoms with E-state index in [1.165, 1.54) is 30.3 Å². The van der Waals surface area contributed by atoms with Crippen LogP contribution in [0.15, 0.2) is 52.3 Å². The van der Waals surface area contributed by atoms with E-state index in [2.05, 4.69) is 0 Å². The van der Waals surface area contributed by atoms with E-state index in [9.17, 15) is 13.5 Å². The summed E-state index contributed by atoms with van der Waals surface area (Å²) in [7, 11) is -3.79. The zero-order chi connectivity index (χ0) is 13.3. The van der Waals surface area contributed by atoms with Crippen molar-refractivity contribution in [3.05, 3.63) is 48.0 Å². The van der Waals surface area contributed by atoms with Gasteiger partial charge in [0.1, 0.15) is 10.6 Å². The van der Waals surface area contributed by atoms with Gasteiger partial charge in [-0.3, -0.25) is 0 Å². The molecule has 0 bridgehead atoms. The van der Waals surface area contributed by atoms with Crippen molar-refractivity contribution in [1.29, 1.82) is 0 Å². The summed E-state index contributed by atoms with van der Waals surface area (Å²) in [6.45, 7) is 1.87. The van der Waals surface area contributed by atoms with Crippen LogP contribution < -0.4 is 5.73 Å². The number of hydrogen-bond acceptors (Lipinski definition) is 4. The summed E-state index contributed by atoms with van der Waals surface area (Å²) in [5.74, 6) is -0.337. The second kappa shape index (κ2) is 4.34. The van der Waals surface area contributed by atoms with Crippen molar-refractivity contribution in [2.75, 3.05) is 5.73 Å². The molecule has 0 aliphatic carbocycles. The van der Waals surface area contributed by atoms with Crippen LogP contribution in [-0.2, 0) is 9.84 Å². The van der Waals surface area contributed by atoms with Crippen molar-refractivity contribution in [3.8, 4) is 5.75 Å². The van der Waals surface area contributed by atoms with Gasteiger partial charge in [-0.15, -0.1) is 0 Å². The van der Waals surface area contributed by atoms with E-state index in [-0.39, 0.29) is 21.2 Å². The fourth-order valence-corrected chi connectivity index (χ4v) is 3.12. The van der Waals surface area contributed by atoms with E-state index < -0.39 is 9.84 Å². The van der Waals surface area contributed by atoms with Gasteiger partial charge in [0.2, 0.25) is 9.84 Å². The van der Waals surface area contributed by atoms with E-state index in [1.807, 2.05) is 6.92 Å². The number of nitrogen functional groups attached to an aromatic ring is 1. The highest BCUT2D eigenvalue weighted by molar-refractivity contribution is 7.91. The molecule has 3 N–H and O–H groups in total. The maximum Gasteiger partial charge on any atom is 0.212 e. The third-order valence-electron chi connectivity index (χ3n) is 2.62. The van der Waals surface area contributed by atoms with Crippen molar-refractivity contribution >= 4 is 15.5 Å². The molecule has 0 amide bonds. The Kier molecular flexibility index (Phi) is 3.00. The van der Waals surface area contributed by atoms with E-state index in [0.717, 1.165) is 5.56 Å². The van der Waals surface area contributed by atoms with E-state index >= 15 is 0 Å². The van der Waals surface area contributed by atoms with Crippen LogP contribution in [-0.4, -0.2) is 13.5 Å². The predicted octanol–water partition coefficient (Wildman–Crippen LogP) is 2.12. The third kappa shape index (κ3) is 2.04. The summed E-state index contributed by atoms with van der Waals surface area (Å²) in [4.78, 5) is -0.129. The largest absolute Gasteiger partial charge is 0.506 e. The van der Waals surface area contributed by atoms with Crippen LogP contribution in [0.25, 0.3) is 0 Å². The zero-order valence-corrected chi connectivity index (χ0v) is 10.6. The van der Waals surface area contributed by atoms with Crippen molar-refractivity contribution < 1.29 is 13.5 Å². The van der Waals surface area contributed by atoms with Crippen LogP contribution in [0.4, 0.5) is 5.69 Å².